The number of esters is 1. The van der Waals surface area contributed by atoms with Crippen LogP contribution in [0.3, 0.4) is 0 Å². The lowest BCUT2D eigenvalue weighted by atomic mass is 10.2. The molecule has 0 heterocycles. The van der Waals surface area contributed by atoms with Crippen molar-refractivity contribution in [3.8, 4) is 0 Å². The van der Waals surface area contributed by atoms with E-state index in [4.69, 9.17) is 0 Å². The van der Waals surface area contributed by atoms with Crippen LogP contribution in [0.15, 0.2) is 33.9 Å². The maximum Gasteiger partial charge on any atom is 0.366 e. The minimum Gasteiger partial charge on any atom is -0.461 e. The standard InChI is InChI=1S/C13H12BrNO5/c1-3-19-13(18)11(8(2)16)15-20-12(17)9-6-4-5-7-10(9)14/h4-7H,3H2,1-2H3/b15-11+. The lowest BCUT2D eigenvalue weighted by Crippen LogP contribution is -2.25. The third kappa shape index (κ3) is 4.27. The number of nitrogens with zero attached hydrogens (tertiary/aromatic N) is 1. The van der Waals surface area contributed by atoms with Crippen molar-refractivity contribution in [1.29, 1.82) is 0 Å². The predicted molar refractivity (Wildman–Crippen MR) is 74.3 cm³/mol. The monoisotopic (exact) mass is 341 g/mol. The topological polar surface area (TPSA) is 82.0 Å². The van der Waals surface area contributed by atoms with Crippen molar-refractivity contribution in [1.82, 2.24) is 0 Å². The second-order valence-electron chi connectivity index (χ2n) is 3.58. The molecule has 0 N–H and O–H groups in total. The van der Waals surface area contributed by atoms with Crippen molar-refractivity contribution < 1.29 is 24.0 Å². The van der Waals surface area contributed by atoms with Crippen LogP contribution in [0.2, 0.25) is 0 Å². The molecule has 1 aromatic carbocycles. The van der Waals surface area contributed by atoms with Gasteiger partial charge in [-0.15, -0.1) is 0 Å². The highest BCUT2D eigenvalue weighted by Gasteiger charge is 2.20. The van der Waals surface area contributed by atoms with Gasteiger partial charge in [0.2, 0.25) is 5.71 Å². The summed E-state index contributed by atoms with van der Waals surface area (Å²) in [4.78, 5) is 39.0. The number of ketones is 1. The van der Waals surface area contributed by atoms with Gasteiger partial charge < -0.3 is 9.57 Å². The molecule has 0 fully saturated rings. The van der Waals surface area contributed by atoms with E-state index in [9.17, 15) is 14.4 Å². The van der Waals surface area contributed by atoms with Crippen molar-refractivity contribution in [2.75, 3.05) is 6.61 Å². The fourth-order valence-corrected chi connectivity index (χ4v) is 1.65. The summed E-state index contributed by atoms with van der Waals surface area (Å²) in [6, 6.07) is 6.53. The number of carbonyl (C=O) groups excluding carboxylic acids is 3. The summed E-state index contributed by atoms with van der Waals surface area (Å²) in [6.45, 7) is 2.80. The molecule has 0 aliphatic heterocycles. The molecule has 1 aromatic rings. The smallest absolute Gasteiger partial charge is 0.366 e. The van der Waals surface area contributed by atoms with Crippen LogP contribution in [0.1, 0.15) is 24.2 Å². The van der Waals surface area contributed by atoms with Crippen molar-refractivity contribution in [2.24, 2.45) is 5.16 Å². The second kappa shape index (κ2) is 7.54. The molecule has 7 heteroatoms. The number of rotatable bonds is 5. The zero-order valence-corrected chi connectivity index (χ0v) is 12.5. The van der Waals surface area contributed by atoms with Crippen LogP contribution >= 0.6 is 15.9 Å². The van der Waals surface area contributed by atoms with E-state index >= 15 is 0 Å². The molecule has 0 bridgehead atoms. The molecule has 0 amide bonds. The minimum atomic E-state index is -0.931. The Labute approximate surface area is 123 Å². The number of benzene rings is 1. The highest BCUT2D eigenvalue weighted by atomic mass is 79.9. The molecule has 0 spiro atoms. The number of Topliss-reactive ketones (excluding diaryl/α,β-unsaturated/α-hetero) is 1. The van der Waals surface area contributed by atoms with Crippen LogP contribution in [0.25, 0.3) is 0 Å². The zero-order valence-electron chi connectivity index (χ0n) is 10.9. The van der Waals surface area contributed by atoms with Crippen LogP contribution in [0.5, 0.6) is 0 Å². The van der Waals surface area contributed by atoms with Gasteiger partial charge >= 0.3 is 11.9 Å². The molecule has 0 aromatic heterocycles. The van der Waals surface area contributed by atoms with Crippen molar-refractivity contribution >= 4 is 39.4 Å². The van der Waals surface area contributed by atoms with Gasteiger partial charge in [0.25, 0.3) is 0 Å². The van der Waals surface area contributed by atoms with Gasteiger partial charge in [-0.1, -0.05) is 17.3 Å². The van der Waals surface area contributed by atoms with E-state index in [1.165, 1.54) is 6.07 Å². The molecule has 0 aliphatic carbocycles. The summed E-state index contributed by atoms with van der Waals surface area (Å²) in [5.74, 6) is -2.37. The van der Waals surface area contributed by atoms with Gasteiger partial charge in [0.05, 0.1) is 12.2 Å². The van der Waals surface area contributed by atoms with E-state index in [-0.39, 0.29) is 12.2 Å². The second-order valence-corrected chi connectivity index (χ2v) is 4.43. The van der Waals surface area contributed by atoms with Crippen LogP contribution in [0.4, 0.5) is 0 Å². The molecule has 0 saturated carbocycles. The van der Waals surface area contributed by atoms with E-state index in [0.29, 0.717) is 4.47 Å². The first-order chi connectivity index (χ1) is 9.47. The quantitative estimate of drug-likeness (QED) is 0.269. The Kier molecular flexibility index (Phi) is 6.05. The Morgan fingerprint density at radius 1 is 1.25 bits per heavy atom. The largest absolute Gasteiger partial charge is 0.461 e. The molecule has 0 saturated heterocycles. The minimum absolute atomic E-state index is 0.0866. The fourth-order valence-electron chi connectivity index (χ4n) is 1.21. The van der Waals surface area contributed by atoms with Gasteiger partial charge in [-0.05, 0) is 35.0 Å². The molecule has 6 nitrogen and oxygen atoms in total. The molecule has 0 radical (unpaired) electrons. The Balaban J connectivity index is 2.88. The highest BCUT2D eigenvalue weighted by Crippen LogP contribution is 2.16. The third-order valence-electron chi connectivity index (χ3n) is 2.12. The summed E-state index contributed by atoms with van der Waals surface area (Å²) in [7, 11) is 0. The SMILES string of the molecule is CCOC(=O)/C(=N/OC(=O)c1ccccc1Br)C(C)=O. The zero-order chi connectivity index (χ0) is 15.1. The van der Waals surface area contributed by atoms with Gasteiger partial charge in [-0.3, -0.25) is 4.79 Å². The normalized spacial score (nSPS) is 10.8. The van der Waals surface area contributed by atoms with Gasteiger partial charge in [0.15, 0.2) is 5.78 Å². The Morgan fingerprint density at radius 2 is 1.90 bits per heavy atom. The lowest BCUT2D eigenvalue weighted by Gasteiger charge is -2.03. The van der Waals surface area contributed by atoms with Gasteiger partial charge in [-0.25, -0.2) is 9.59 Å². The van der Waals surface area contributed by atoms with Gasteiger partial charge in [0, 0.05) is 11.4 Å². The molecule has 0 atom stereocenters. The van der Waals surface area contributed by atoms with Crippen LogP contribution in [0, 0.1) is 0 Å². The molecule has 0 unspecified atom stereocenters. The van der Waals surface area contributed by atoms with Crippen LogP contribution in [-0.2, 0) is 19.2 Å². The molecule has 0 aliphatic rings. The summed E-state index contributed by atoms with van der Waals surface area (Å²) < 4.78 is 5.15. The summed E-state index contributed by atoms with van der Waals surface area (Å²) in [5.41, 5.74) is -0.338. The van der Waals surface area contributed by atoms with E-state index < -0.39 is 23.4 Å². The first kappa shape index (κ1) is 16.0. The number of ether oxygens (including phenoxy) is 1. The maximum absolute atomic E-state index is 11.8. The van der Waals surface area contributed by atoms with Crippen molar-refractivity contribution in [2.45, 2.75) is 13.8 Å². The number of hydrogen-bond acceptors (Lipinski definition) is 6. The summed E-state index contributed by atoms with van der Waals surface area (Å²) in [5, 5.41) is 3.28. The van der Waals surface area contributed by atoms with Crippen molar-refractivity contribution in [3.05, 3.63) is 34.3 Å². The van der Waals surface area contributed by atoms with E-state index in [2.05, 4.69) is 30.7 Å². The van der Waals surface area contributed by atoms with Crippen molar-refractivity contribution in [3.63, 3.8) is 0 Å². The van der Waals surface area contributed by atoms with E-state index in [1.807, 2.05) is 0 Å². The molecule has 106 valence electrons. The highest BCUT2D eigenvalue weighted by molar-refractivity contribution is 9.10. The lowest BCUT2D eigenvalue weighted by molar-refractivity contribution is -0.135. The number of hydrogen-bond donors (Lipinski definition) is 0. The fraction of sp³-hybridized carbons (Fsp3) is 0.231. The van der Waals surface area contributed by atoms with Crippen LogP contribution in [-0.4, -0.2) is 30.0 Å². The molecular weight excluding hydrogens is 330 g/mol. The average molecular weight is 342 g/mol. The maximum atomic E-state index is 11.8. The number of carbonyl (C=O) groups is 3. The number of halogens is 1. The average Bonchev–Trinajstić information content (AvgIpc) is 2.39. The van der Waals surface area contributed by atoms with E-state index in [1.54, 1.807) is 25.1 Å². The number of oxime groups is 1. The van der Waals surface area contributed by atoms with E-state index in [0.717, 1.165) is 6.92 Å². The Bertz CT molecular complexity index is 568. The van der Waals surface area contributed by atoms with Gasteiger partial charge in [0.1, 0.15) is 0 Å². The van der Waals surface area contributed by atoms with Gasteiger partial charge in [-0.2, -0.15) is 0 Å². The first-order valence-electron chi connectivity index (χ1n) is 5.69. The molecule has 1 rings (SSSR count). The third-order valence-corrected chi connectivity index (χ3v) is 2.81. The molecular formula is C13H12BrNO5. The Hall–Kier alpha value is -2.02. The van der Waals surface area contributed by atoms with Crippen LogP contribution < -0.4 is 0 Å². The molecule has 20 heavy (non-hydrogen) atoms. The summed E-state index contributed by atoms with van der Waals surface area (Å²) >= 11 is 3.18. The summed E-state index contributed by atoms with van der Waals surface area (Å²) in [6.07, 6.45) is 0. The predicted octanol–water partition coefficient (Wildman–Crippen LogP) is 2.11. The first-order valence-corrected chi connectivity index (χ1v) is 6.48. The Morgan fingerprint density at radius 3 is 2.45 bits per heavy atom.